The molecule has 0 bridgehead atoms. The van der Waals surface area contributed by atoms with Gasteiger partial charge in [-0.1, -0.05) is 12.2 Å². The normalized spacial score (nSPS) is 23.3. The van der Waals surface area contributed by atoms with E-state index in [1.807, 2.05) is 0 Å². The van der Waals surface area contributed by atoms with Crippen LogP contribution in [0.25, 0.3) is 0 Å². The van der Waals surface area contributed by atoms with Crippen molar-refractivity contribution in [3.63, 3.8) is 0 Å². The van der Waals surface area contributed by atoms with E-state index in [9.17, 15) is 9.59 Å². The molecule has 0 amide bonds. The van der Waals surface area contributed by atoms with Gasteiger partial charge in [0.1, 0.15) is 11.7 Å². The lowest BCUT2D eigenvalue weighted by molar-refractivity contribution is -0.150. The van der Waals surface area contributed by atoms with Crippen LogP contribution in [0.2, 0.25) is 0 Å². The second-order valence-corrected chi connectivity index (χ2v) is 3.77. The van der Waals surface area contributed by atoms with Crippen molar-refractivity contribution in [1.82, 2.24) is 0 Å². The van der Waals surface area contributed by atoms with E-state index >= 15 is 0 Å². The summed E-state index contributed by atoms with van der Waals surface area (Å²) in [6.07, 6.45) is 2.81. The van der Waals surface area contributed by atoms with Crippen LogP contribution in [-0.2, 0) is 14.3 Å². The van der Waals surface area contributed by atoms with Crippen molar-refractivity contribution in [3.05, 3.63) is 12.2 Å². The number of rotatable bonds is 3. The number of hydrogen-bond acceptors (Lipinski definition) is 3. The van der Waals surface area contributed by atoms with Crippen molar-refractivity contribution in [1.29, 1.82) is 0 Å². The first-order chi connectivity index (χ1) is 6.57. The molecule has 0 spiro atoms. The average molecular weight is 196 g/mol. The van der Waals surface area contributed by atoms with Crippen LogP contribution in [0.3, 0.4) is 0 Å². The highest BCUT2D eigenvalue weighted by molar-refractivity contribution is 5.98. The number of carbonyl (C=O) groups excluding carboxylic acids is 2. The maximum Gasteiger partial charge on any atom is 0.316 e. The van der Waals surface area contributed by atoms with Crippen LogP contribution >= 0.6 is 0 Å². The molecule has 0 aromatic carbocycles. The van der Waals surface area contributed by atoms with Gasteiger partial charge in [0.05, 0.1) is 7.11 Å². The van der Waals surface area contributed by atoms with E-state index in [1.54, 1.807) is 0 Å². The van der Waals surface area contributed by atoms with Crippen LogP contribution in [0.1, 0.15) is 26.2 Å². The highest BCUT2D eigenvalue weighted by Crippen LogP contribution is 2.36. The van der Waals surface area contributed by atoms with Crippen LogP contribution in [0.5, 0.6) is 0 Å². The van der Waals surface area contributed by atoms with Crippen molar-refractivity contribution >= 4 is 11.8 Å². The van der Waals surface area contributed by atoms with Crippen molar-refractivity contribution in [3.8, 4) is 0 Å². The van der Waals surface area contributed by atoms with Gasteiger partial charge in [-0.05, 0) is 32.1 Å². The minimum atomic E-state index is -0.630. The van der Waals surface area contributed by atoms with Crippen LogP contribution in [0.4, 0.5) is 0 Å². The largest absolute Gasteiger partial charge is 0.468 e. The van der Waals surface area contributed by atoms with Crippen LogP contribution < -0.4 is 0 Å². The Labute approximate surface area is 84.1 Å². The fourth-order valence-electron chi connectivity index (χ4n) is 2.08. The molecule has 2 atom stereocenters. The first-order valence-electron chi connectivity index (χ1n) is 4.84. The Bertz CT molecular complexity index is 268. The molecule has 0 aromatic heterocycles. The van der Waals surface area contributed by atoms with Gasteiger partial charge in [-0.25, -0.2) is 0 Å². The summed E-state index contributed by atoms with van der Waals surface area (Å²) in [4.78, 5) is 22.7. The van der Waals surface area contributed by atoms with Gasteiger partial charge in [-0.15, -0.1) is 0 Å². The van der Waals surface area contributed by atoms with Crippen molar-refractivity contribution < 1.29 is 14.3 Å². The number of methoxy groups -OCH3 is 1. The molecule has 0 aliphatic heterocycles. The van der Waals surface area contributed by atoms with Gasteiger partial charge < -0.3 is 4.74 Å². The monoisotopic (exact) mass is 196 g/mol. The zero-order valence-corrected chi connectivity index (χ0v) is 8.71. The first-order valence-corrected chi connectivity index (χ1v) is 4.84. The molecule has 1 rings (SSSR count). The van der Waals surface area contributed by atoms with Gasteiger partial charge in [-0.3, -0.25) is 9.59 Å². The summed E-state index contributed by atoms with van der Waals surface area (Å²) in [5.41, 5.74) is 1.01. The summed E-state index contributed by atoms with van der Waals surface area (Å²) in [6, 6.07) is 0. The predicted octanol–water partition coefficient (Wildman–Crippen LogP) is 1.72. The Morgan fingerprint density at radius 3 is 2.57 bits per heavy atom. The molecule has 1 aliphatic rings. The third-order valence-corrected chi connectivity index (χ3v) is 2.83. The third-order valence-electron chi connectivity index (χ3n) is 2.83. The molecule has 14 heavy (non-hydrogen) atoms. The molecular formula is C11H16O3. The number of esters is 1. The zero-order chi connectivity index (χ0) is 10.7. The Balaban J connectivity index is 2.82. The van der Waals surface area contributed by atoms with Gasteiger partial charge in [0, 0.05) is 0 Å². The van der Waals surface area contributed by atoms with Gasteiger partial charge >= 0.3 is 5.97 Å². The topological polar surface area (TPSA) is 43.4 Å². The smallest absolute Gasteiger partial charge is 0.316 e. The van der Waals surface area contributed by atoms with Gasteiger partial charge in [0.2, 0.25) is 0 Å². The molecule has 1 aliphatic carbocycles. The van der Waals surface area contributed by atoms with Crippen LogP contribution in [0.15, 0.2) is 12.2 Å². The van der Waals surface area contributed by atoms with E-state index in [4.69, 9.17) is 0 Å². The minimum absolute atomic E-state index is 0.0000463. The summed E-state index contributed by atoms with van der Waals surface area (Å²) < 4.78 is 4.63. The summed E-state index contributed by atoms with van der Waals surface area (Å²) >= 11 is 0. The Morgan fingerprint density at radius 2 is 2.21 bits per heavy atom. The van der Waals surface area contributed by atoms with Crippen molar-refractivity contribution in [2.45, 2.75) is 26.2 Å². The van der Waals surface area contributed by atoms with E-state index in [-0.39, 0.29) is 11.7 Å². The lowest BCUT2D eigenvalue weighted by atomic mass is 9.86. The molecule has 1 saturated carbocycles. The van der Waals surface area contributed by atoms with E-state index < -0.39 is 11.9 Å². The molecule has 0 saturated heterocycles. The molecule has 0 heterocycles. The SMILES string of the molecule is C=C1CCCC1C(C(C)=O)C(=O)OC. The number of ketones is 1. The first kappa shape index (κ1) is 11.0. The molecule has 0 radical (unpaired) electrons. The van der Waals surface area contributed by atoms with Crippen molar-refractivity contribution in [2.24, 2.45) is 11.8 Å². The highest BCUT2D eigenvalue weighted by Gasteiger charge is 2.36. The molecular weight excluding hydrogens is 180 g/mol. The van der Waals surface area contributed by atoms with E-state index in [0.717, 1.165) is 24.8 Å². The quantitative estimate of drug-likeness (QED) is 0.392. The fourth-order valence-corrected chi connectivity index (χ4v) is 2.08. The lowest BCUT2D eigenvalue weighted by Gasteiger charge is -2.19. The number of hydrogen-bond donors (Lipinski definition) is 0. The minimum Gasteiger partial charge on any atom is -0.468 e. The molecule has 0 aromatic rings. The number of allylic oxidation sites excluding steroid dienone is 1. The number of carbonyl (C=O) groups is 2. The van der Waals surface area contributed by atoms with Crippen molar-refractivity contribution in [2.75, 3.05) is 7.11 Å². The summed E-state index contributed by atoms with van der Waals surface area (Å²) in [5.74, 6) is -1.18. The molecule has 3 heteroatoms. The molecule has 78 valence electrons. The average Bonchev–Trinajstić information content (AvgIpc) is 2.52. The molecule has 3 nitrogen and oxygen atoms in total. The molecule has 0 N–H and O–H groups in total. The van der Waals surface area contributed by atoms with Gasteiger partial charge in [-0.2, -0.15) is 0 Å². The zero-order valence-electron chi connectivity index (χ0n) is 8.71. The maximum atomic E-state index is 11.4. The van der Waals surface area contributed by atoms with Gasteiger partial charge in [0.25, 0.3) is 0 Å². The Kier molecular flexibility index (Phi) is 3.44. The second-order valence-electron chi connectivity index (χ2n) is 3.77. The molecule has 2 unspecified atom stereocenters. The highest BCUT2D eigenvalue weighted by atomic mass is 16.5. The maximum absolute atomic E-state index is 11.4. The van der Waals surface area contributed by atoms with E-state index in [0.29, 0.717) is 0 Å². The Morgan fingerprint density at radius 1 is 1.57 bits per heavy atom. The standard InChI is InChI=1S/C11H16O3/c1-7-5-4-6-9(7)10(8(2)12)11(13)14-3/h9-10H,1,4-6H2,2-3H3. The van der Waals surface area contributed by atoms with E-state index in [1.165, 1.54) is 14.0 Å². The summed E-state index contributed by atoms with van der Waals surface area (Å²) in [5, 5.41) is 0. The van der Waals surface area contributed by atoms with Gasteiger partial charge in [0.15, 0.2) is 0 Å². The lowest BCUT2D eigenvalue weighted by Crippen LogP contribution is -2.30. The van der Waals surface area contributed by atoms with Crippen LogP contribution in [0, 0.1) is 11.8 Å². The summed E-state index contributed by atoms with van der Waals surface area (Å²) in [6.45, 7) is 5.33. The second kappa shape index (κ2) is 4.40. The Hall–Kier alpha value is -1.12. The van der Waals surface area contributed by atoms with E-state index in [2.05, 4.69) is 11.3 Å². The number of ether oxygens (including phenoxy) is 1. The number of Topliss-reactive ketones (excluding diaryl/α,β-unsaturated/α-hetero) is 1. The fraction of sp³-hybridized carbons (Fsp3) is 0.636. The van der Waals surface area contributed by atoms with Crippen LogP contribution in [-0.4, -0.2) is 18.9 Å². The molecule has 1 fully saturated rings. The summed E-state index contributed by atoms with van der Waals surface area (Å²) in [7, 11) is 1.32. The predicted molar refractivity (Wildman–Crippen MR) is 52.7 cm³/mol. The third kappa shape index (κ3) is 2.03.